The molecule has 110 valence electrons. The standard InChI is InChI=1S/C12H24N4O2S/c1-4-5-16(7-6-15(2)3)19(17,18)12-8-11(9-13)14-10-12/h8,10,14H,4-7,9,13H2,1-3H3. The molecule has 0 aliphatic carbocycles. The minimum absolute atomic E-state index is 0.292. The van der Waals surface area contributed by atoms with Crippen LogP contribution < -0.4 is 5.73 Å². The number of rotatable bonds is 8. The van der Waals surface area contributed by atoms with Gasteiger partial charge in [0.15, 0.2) is 0 Å². The van der Waals surface area contributed by atoms with Gasteiger partial charge in [0.1, 0.15) is 0 Å². The van der Waals surface area contributed by atoms with Crippen LogP contribution in [0.4, 0.5) is 0 Å². The highest BCUT2D eigenvalue weighted by Gasteiger charge is 2.24. The average Bonchev–Trinajstić information content (AvgIpc) is 2.83. The number of hydrogen-bond donors (Lipinski definition) is 2. The van der Waals surface area contributed by atoms with Crippen molar-refractivity contribution in [1.29, 1.82) is 0 Å². The van der Waals surface area contributed by atoms with Crippen LogP contribution in [0.15, 0.2) is 17.2 Å². The zero-order valence-corrected chi connectivity index (χ0v) is 12.7. The topological polar surface area (TPSA) is 82.4 Å². The Hall–Kier alpha value is -0.890. The first-order chi connectivity index (χ1) is 8.91. The predicted octanol–water partition coefficient (Wildman–Crippen LogP) is 0.436. The summed E-state index contributed by atoms with van der Waals surface area (Å²) in [7, 11) is 0.432. The molecule has 1 rings (SSSR count). The molecule has 0 aromatic carbocycles. The van der Waals surface area contributed by atoms with Gasteiger partial charge in [0, 0.05) is 38.1 Å². The number of nitrogens with two attached hydrogens (primary N) is 1. The third-order valence-corrected chi connectivity index (χ3v) is 4.72. The van der Waals surface area contributed by atoms with Crippen molar-refractivity contribution in [3.05, 3.63) is 18.0 Å². The van der Waals surface area contributed by atoms with Crippen molar-refractivity contribution in [3.8, 4) is 0 Å². The van der Waals surface area contributed by atoms with Crippen molar-refractivity contribution >= 4 is 10.0 Å². The molecule has 0 fully saturated rings. The summed E-state index contributed by atoms with van der Waals surface area (Å²) in [6.07, 6.45) is 2.30. The predicted molar refractivity (Wildman–Crippen MR) is 76.3 cm³/mol. The Kier molecular flexibility index (Phi) is 5.99. The van der Waals surface area contributed by atoms with E-state index >= 15 is 0 Å². The van der Waals surface area contributed by atoms with Crippen molar-refractivity contribution in [2.24, 2.45) is 5.73 Å². The van der Waals surface area contributed by atoms with Gasteiger partial charge in [0.2, 0.25) is 10.0 Å². The van der Waals surface area contributed by atoms with Crippen LogP contribution in [-0.4, -0.2) is 56.3 Å². The van der Waals surface area contributed by atoms with Gasteiger partial charge in [0.05, 0.1) is 4.90 Å². The van der Waals surface area contributed by atoms with Gasteiger partial charge >= 0.3 is 0 Å². The molecule has 1 aromatic heterocycles. The van der Waals surface area contributed by atoms with E-state index in [2.05, 4.69) is 4.98 Å². The molecule has 0 radical (unpaired) electrons. The molecular weight excluding hydrogens is 264 g/mol. The highest BCUT2D eigenvalue weighted by molar-refractivity contribution is 7.89. The molecule has 7 heteroatoms. The first kappa shape index (κ1) is 16.2. The molecule has 0 saturated heterocycles. The van der Waals surface area contributed by atoms with Gasteiger partial charge in [-0.25, -0.2) is 8.42 Å². The molecular formula is C12H24N4O2S. The first-order valence-corrected chi connectivity index (χ1v) is 7.88. The van der Waals surface area contributed by atoms with Crippen molar-refractivity contribution in [2.75, 3.05) is 33.7 Å². The van der Waals surface area contributed by atoms with Crippen LogP contribution in [-0.2, 0) is 16.6 Å². The van der Waals surface area contributed by atoms with E-state index in [0.717, 1.165) is 12.1 Å². The van der Waals surface area contributed by atoms with E-state index in [0.29, 0.717) is 31.1 Å². The van der Waals surface area contributed by atoms with Gasteiger partial charge in [0.25, 0.3) is 0 Å². The fourth-order valence-corrected chi connectivity index (χ4v) is 3.29. The summed E-state index contributed by atoms with van der Waals surface area (Å²) in [4.78, 5) is 5.15. The SMILES string of the molecule is CCCN(CCN(C)C)S(=O)(=O)c1c[nH]c(CN)c1. The zero-order chi connectivity index (χ0) is 14.5. The second-order valence-corrected chi connectivity index (χ2v) is 6.71. The first-order valence-electron chi connectivity index (χ1n) is 6.44. The minimum atomic E-state index is -3.43. The smallest absolute Gasteiger partial charge is 0.244 e. The van der Waals surface area contributed by atoms with E-state index in [1.54, 1.807) is 6.07 Å². The number of aromatic amines is 1. The normalized spacial score (nSPS) is 12.5. The molecule has 19 heavy (non-hydrogen) atoms. The van der Waals surface area contributed by atoms with Crippen LogP contribution in [0.5, 0.6) is 0 Å². The number of nitrogens with zero attached hydrogens (tertiary/aromatic N) is 2. The number of sulfonamides is 1. The van der Waals surface area contributed by atoms with E-state index in [4.69, 9.17) is 5.73 Å². The molecule has 0 spiro atoms. The van der Waals surface area contributed by atoms with Crippen molar-refractivity contribution < 1.29 is 8.42 Å². The largest absolute Gasteiger partial charge is 0.363 e. The van der Waals surface area contributed by atoms with Crippen LogP contribution >= 0.6 is 0 Å². The quantitative estimate of drug-likeness (QED) is 0.727. The Labute approximate surface area is 115 Å². The van der Waals surface area contributed by atoms with Crippen LogP contribution in [0.1, 0.15) is 19.0 Å². The maximum atomic E-state index is 12.5. The number of hydrogen-bond acceptors (Lipinski definition) is 4. The van der Waals surface area contributed by atoms with Crippen LogP contribution in [0.3, 0.4) is 0 Å². The molecule has 1 heterocycles. The third-order valence-electron chi connectivity index (χ3n) is 2.84. The second-order valence-electron chi connectivity index (χ2n) is 4.77. The summed E-state index contributed by atoms with van der Waals surface area (Å²) in [5.41, 5.74) is 6.22. The monoisotopic (exact) mass is 288 g/mol. The number of aromatic nitrogens is 1. The Balaban J connectivity index is 2.91. The summed E-state index contributed by atoms with van der Waals surface area (Å²) in [5.74, 6) is 0. The van der Waals surface area contributed by atoms with Gasteiger partial charge in [-0.05, 0) is 26.6 Å². The Morgan fingerprint density at radius 2 is 1.95 bits per heavy atom. The molecule has 0 atom stereocenters. The lowest BCUT2D eigenvalue weighted by Gasteiger charge is -2.22. The van der Waals surface area contributed by atoms with Crippen LogP contribution in [0.25, 0.3) is 0 Å². The highest BCUT2D eigenvalue weighted by atomic mass is 32.2. The van der Waals surface area contributed by atoms with E-state index < -0.39 is 10.0 Å². The van der Waals surface area contributed by atoms with Gasteiger partial charge in [-0.2, -0.15) is 4.31 Å². The zero-order valence-electron chi connectivity index (χ0n) is 11.9. The summed E-state index contributed by atoms with van der Waals surface area (Å²) in [6, 6.07) is 1.60. The molecule has 0 amide bonds. The Bertz CT molecular complexity index is 482. The lowest BCUT2D eigenvalue weighted by Crippen LogP contribution is -2.37. The highest BCUT2D eigenvalue weighted by Crippen LogP contribution is 2.17. The fourth-order valence-electron chi connectivity index (χ4n) is 1.75. The fraction of sp³-hybridized carbons (Fsp3) is 0.667. The van der Waals surface area contributed by atoms with E-state index in [1.807, 2.05) is 25.9 Å². The Morgan fingerprint density at radius 1 is 1.26 bits per heavy atom. The summed E-state index contributed by atoms with van der Waals surface area (Å²) in [5, 5.41) is 0. The number of nitrogens with one attached hydrogen (secondary N) is 1. The van der Waals surface area contributed by atoms with Crippen LogP contribution in [0.2, 0.25) is 0 Å². The minimum Gasteiger partial charge on any atom is -0.363 e. The molecule has 1 aromatic rings. The molecule has 0 aliphatic heterocycles. The number of likely N-dealkylation sites (N-methyl/N-ethyl adjacent to an activating group) is 1. The van der Waals surface area contributed by atoms with Gasteiger partial charge < -0.3 is 15.6 Å². The van der Waals surface area contributed by atoms with Crippen LogP contribution in [0, 0.1) is 0 Å². The van der Waals surface area contributed by atoms with Gasteiger partial charge in [-0.1, -0.05) is 6.92 Å². The number of H-pyrrole nitrogens is 1. The molecule has 0 saturated carbocycles. The van der Waals surface area contributed by atoms with E-state index in [-0.39, 0.29) is 0 Å². The maximum absolute atomic E-state index is 12.5. The molecule has 6 nitrogen and oxygen atoms in total. The summed E-state index contributed by atoms with van der Waals surface area (Å²) < 4.78 is 26.5. The summed E-state index contributed by atoms with van der Waals surface area (Å²) >= 11 is 0. The third kappa shape index (κ3) is 4.31. The maximum Gasteiger partial charge on any atom is 0.244 e. The van der Waals surface area contributed by atoms with Crippen molar-refractivity contribution in [2.45, 2.75) is 24.8 Å². The molecule has 0 bridgehead atoms. The second kappa shape index (κ2) is 7.04. The lowest BCUT2D eigenvalue weighted by molar-refractivity contribution is 0.333. The summed E-state index contributed by atoms with van der Waals surface area (Å²) in [6.45, 7) is 4.00. The van der Waals surface area contributed by atoms with E-state index in [1.165, 1.54) is 10.5 Å². The Morgan fingerprint density at radius 3 is 2.42 bits per heavy atom. The molecule has 0 unspecified atom stereocenters. The van der Waals surface area contributed by atoms with Crippen molar-refractivity contribution in [1.82, 2.24) is 14.2 Å². The lowest BCUT2D eigenvalue weighted by atomic mass is 10.4. The average molecular weight is 288 g/mol. The molecule has 0 aliphatic rings. The van der Waals surface area contributed by atoms with Crippen molar-refractivity contribution in [3.63, 3.8) is 0 Å². The van der Waals surface area contributed by atoms with Gasteiger partial charge in [-0.3, -0.25) is 0 Å². The van der Waals surface area contributed by atoms with Gasteiger partial charge in [-0.15, -0.1) is 0 Å². The molecule has 3 N–H and O–H groups in total. The van der Waals surface area contributed by atoms with E-state index in [9.17, 15) is 8.42 Å².